The van der Waals surface area contributed by atoms with E-state index < -0.39 is 0 Å². The van der Waals surface area contributed by atoms with Gasteiger partial charge in [0.2, 0.25) is 5.91 Å². The SMILES string of the molecule is COc1ccc2[nH]c(C(=O)N3CC(=O)N(Cc4cccc(O)c4)[C@@H](CCc4ccccc4)C3)cc2c1. The maximum Gasteiger partial charge on any atom is 0.270 e. The predicted octanol–water partition coefficient (Wildman–Crippen LogP) is 4.37. The summed E-state index contributed by atoms with van der Waals surface area (Å²) in [7, 11) is 1.61. The fraction of sp³-hybridized carbons (Fsp3) is 0.241. The zero-order valence-corrected chi connectivity index (χ0v) is 20.2. The summed E-state index contributed by atoms with van der Waals surface area (Å²) in [6.07, 6.45) is 1.52. The Hall–Kier alpha value is -4.26. The highest BCUT2D eigenvalue weighted by Crippen LogP contribution is 2.25. The Balaban J connectivity index is 1.38. The molecule has 0 saturated carbocycles. The van der Waals surface area contributed by atoms with Gasteiger partial charge in [-0.15, -0.1) is 0 Å². The second kappa shape index (κ2) is 10.2. The standard InChI is InChI=1S/C29H29N3O4/c1-36-25-12-13-26-22(15-25)16-27(30-26)29(35)31-18-23(11-10-20-6-3-2-4-7-20)32(28(34)19-31)17-21-8-5-9-24(33)14-21/h2-9,12-16,23,30,33H,10-11,17-19H2,1H3/t23-/m0/s1. The number of carbonyl (C=O) groups excluding carboxylic acids is 2. The number of aromatic hydroxyl groups is 1. The van der Waals surface area contributed by atoms with E-state index in [-0.39, 0.29) is 30.2 Å². The van der Waals surface area contributed by atoms with Crippen LogP contribution in [0.2, 0.25) is 0 Å². The highest BCUT2D eigenvalue weighted by molar-refractivity contribution is 6.00. The van der Waals surface area contributed by atoms with Crippen molar-refractivity contribution in [2.75, 3.05) is 20.2 Å². The van der Waals surface area contributed by atoms with Gasteiger partial charge in [-0.05, 0) is 60.4 Å². The van der Waals surface area contributed by atoms with Gasteiger partial charge in [0, 0.05) is 24.0 Å². The monoisotopic (exact) mass is 483 g/mol. The lowest BCUT2D eigenvalue weighted by Crippen LogP contribution is -2.57. The van der Waals surface area contributed by atoms with Gasteiger partial charge in [-0.3, -0.25) is 9.59 Å². The quantitative estimate of drug-likeness (QED) is 0.409. The number of benzene rings is 3. The number of hydrogen-bond acceptors (Lipinski definition) is 4. The Morgan fingerprint density at radius 1 is 1.03 bits per heavy atom. The van der Waals surface area contributed by atoms with Crippen LogP contribution in [0.5, 0.6) is 11.5 Å². The Labute approximate surface area is 209 Å². The smallest absolute Gasteiger partial charge is 0.270 e. The summed E-state index contributed by atoms with van der Waals surface area (Å²) in [6, 6.07) is 24.4. The number of aromatic amines is 1. The van der Waals surface area contributed by atoms with Gasteiger partial charge in [-0.1, -0.05) is 42.5 Å². The number of aromatic nitrogens is 1. The summed E-state index contributed by atoms with van der Waals surface area (Å²) in [6.45, 7) is 0.841. The molecule has 1 fully saturated rings. The third-order valence-electron chi connectivity index (χ3n) is 6.74. The second-order valence-corrected chi connectivity index (χ2v) is 9.19. The molecule has 0 aliphatic carbocycles. The van der Waals surface area contributed by atoms with Gasteiger partial charge in [0.25, 0.3) is 5.91 Å². The van der Waals surface area contributed by atoms with Crippen molar-refractivity contribution in [1.82, 2.24) is 14.8 Å². The van der Waals surface area contributed by atoms with E-state index in [0.29, 0.717) is 18.8 Å². The van der Waals surface area contributed by atoms with Crippen LogP contribution in [-0.4, -0.2) is 57.9 Å². The normalized spacial score (nSPS) is 15.9. The summed E-state index contributed by atoms with van der Waals surface area (Å²) >= 11 is 0. The first-order valence-electron chi connectivity index (χ1n) is 12.1. The number of nitrogens with zero attached hydrogens (tertiary/aromatic N) is 2. The molecule has 2 heterocycles. The minimum Gasteiger partial charge on any atom is -0.508 e. The minimum atomic E-state index is -0.194. The van der Waals surface area contributed by atoms with Gasteiger partial charge in [0.05, 0.1) is 13.2 Å². The first-order chi connectivity index (χ1) is 17.5. The molecular formula is C29H29N3O4. The van der Waals surface area contributed by atoms with Gasteiger partial charge < -0.3 is 24.6 Å². The van der Waals surface area contributed by atoms with Crippen molar-refractivity contribution >= 4 is 22.7 Å². The van der Waals surface area contributed by atoms with Gasteiger partial charge in [-0.25, -0.2) is 0 Å². The van der Waals surface area contributed by atoms with Crippen LogP contribution in [0.4, 0.5) is 0 Å². The number of phenols is 1. The molecule has 4 aromatic rings. The number of nitrogens with one attached hydrogen (secondary N) is 1. The lowest BCUT2D eigenvalue weighted by molar-refractivity contribution is -0.139. The molecule has 2 N–H and O–H groups in total. The molecule has 3 aromatic carbocycles. The summed E-state index contributed by atoms with van der Waals surface area (Å²) in [5.74, 6) is 0.594. The van der Waals surface area contributed by atoms with E-state index in [9.17, 15) is 14.7 Å². The second-order valence-electron chi connectivity index (χ2n) is 9.19. The number of carbonyl (C=O) groups is 2. The Morgan fingerprint density at radius 3 is 2.61 bits per heavy atom. The van der Waals surface area contributed by atoms with E-state index >= 15 is 0 Å². The zero-order chi connectivity index (χ0) is 25.1. The van der Waals surface area contributed by atoms with Gasteiger partial charge in [-0.2, -0.15) is 0 Å². The number of aryl methyl sites for hydroxylation is 1. The number of fused-ring (bicyclic) bond motifs is 1. The first-order valence-corrected chi connectivity index (χ1v) is 12.1. The van der Waals surface area contributed by atoms with Crippen molar-refractivity contribution in [3.05, 3.63) is 95.7 Å². The summed E-state index contributed by atoms with van der Waals surface area (Å²) in [5, 5.41) is 10.8. The fourth-order valence-corrected chi connectivity index (χ4v) is 4.85. The average molecular weight is 484 g/mol. The molecule has 7 heteroatoms. The predicted molar refractivity (Wildman–Crippen MR) is 138 cm³/mol. The number of ether oxygens (including phenoxy) is 1. The van der Waals surface area contributed by atoms with Crippen LogP contribution in [0.15, 0.2) is 78.9 Å². The molecule has 1 atom stereocenters. The average Bonchev–Trinajstić information content (AvgIpc) is 3.32. The van der Waals surface area contributed by atoms with Gasteiger partial charge in [0.15, 0.2) is 0 Å². The van der Waals surface area contributed by atoms with E-state index in [1.165, 1.54) is 5.56 Å². The van der Waals surface area contributed by atoms with Gasteiger partial charge in [0.1, 0.15) is 23.7 Å². The number of H-pyrrole nitrogens is 1. The van der Waals surface area contributed by atoms with E-state index in [4.69, 9.17) is 4.74 Å². The van der Waals surface area contributed by atoms with Crippen LogP contribution in [0.3, 0.4) is 0 Å². The van der Waals surface area contributed by atoms with E-state index in [2.05, 4.69) is 17.1 Å². The van der Waals surface area contributed by atoms with Crippen molar-refractivity contribution in [3.8, 4) is 11.5 Å². The molecule has 0 bridgehead atoms. The number of hydrogen-bond donors (Lipinski definition) is 2. The number of piperazine rings is 1. The van der Waals surface area contributed by atoms with Crippen LogP contribution < -0.4 is 4.74 Å². The highest BCUT2D eigenvalue weighted by Gasteiger charge is 2.35. The van der Waals surface area contributed by atoms with Crippen molar-refractivity contribution in [1.29, 1.82) is 0 Å². The molecule has 36 heavy (non-hydrogen) atoms. The molecular weight excluding hydrogens is 454 g/mol. The van der Waals surface area contributed by atoms with Crippen molar-refractivity contribution < 1.29 is 19.4 Å². The van der Waals surface area contributed by atoms with Gasteiger partial charge >= 0.3 is 0 Å². The zero-order valence-electron chi connectivity index (χ0n) is 20.2. The molecule has 0 radical (unpaired) electrons. The third-order valence-corrected chi connectivity index (χ3v) is 6.74. The van der Waals surface area contributed by atoms with E-state index in [0.717, 1.165) is 35.1 Å². The molecule has 2 amide bonds. The maximum absolute atomic E-state index is 13.5. The number of amides is 2. The lowest BCUT2D eigenvalue weighted by atomic mass is 10.0. The summed E-state index contributed by atoms with van der Waals surface area (Å²) in [5.41, 5.74) is 3.34. The van der Waals surface area contributed by atoms with Crippen LogP contribution >= 0.6 is 0 Å². The van der Waals surface area contributed by atoms with Crippen LogP contribution in [0.25, 0.3) is 10.9 Å². The molecule has 5 rings (SSSR count). The van der Waals surface area contributed by atoms with Crippen LogP contribution in [-0.2, 0) is 17.8 Å². The summed E-state index contributed by atoms with van der Waals surface area (Å²) in [4.78, 5) is 33.5. The maximum atomic E-state index is 13.5. The number of methoxy groups -OCH3 is 1. The van der Waals surface area contributed by atoms with Crippen molar-refractivity contribution in [2.24, 2.45) is 0 Å². The Morgan fingerprint density at radius 2 is 1.83 bits per heavy atom. The first kappa shape index (κ1) is 23.5. The topological polar surface area (TPSA) is 85.9 Å². The molecule has 0 unspecified atom stereocenters. The van der Waals surface area contributed by atoms with Crippen LogP contribution in [0.1, 0.15) is 28.0 Å². The molecule has 0 spiro atoms. The fourth-order valence-electron chi connectivity index (χ4n) is 4.85. The van der Waals surface area contributed by atoms with E-state index in [1.807, 2.05) is 53.4 Å². The van der Waals surface area contributed by atoms with Crippen molar-refractivity contribution in [3.63, 3.8) is 0 Å². The summed E-state index contributed by atoms with van der Waals surface area (Å²) < 4.78 is 5.29. The Bertz CT molecular complexity index is 1380. The highest BCUT2D eigenvalue weighted by atomic mass is 16.5. The molecule has 1 aromatic heterocycles. The van der Waals surface area contributed by atoms with Crippen LogP contribution in [0, 0.1) is 0 Å². The Kier molecular flexibility index (Phi) is 6.62. The molecule has 1 aliphatic rings. The molecule has 1 saturated heterocycles. The number of rotatable bonds is 7. The molecule has 7 nitrogen and oxygen atoms in total. The molecule has 1 aliphatic heterocycles. The van der Waals surface area contributed by atoms with E-state index in [1.54, 1.807) is 30.2 Å². The largest absolute Gasteiger partial charge is 0.508 e. The van der Waals surface area contributed by atoms with Crippen molar-refractivity contribution in [2.45, 2.75) is 25.4 Å². The third kappa shape index (κ3) is 5.05. The lowest BCUT2D eigenvalue weighted by Gasteiger charge is -2.41. The number of phenolic OH excluding ortho intramolecular Hbond substituents is 1. The molecule has 184 valence electrons. The minimum absolute atomic E-state index is 0.0121.